The van der Waals surface area contributed by atoms with Crippen LogP contribution in [0.3, 0.4) is 0 Å². The Labute approximate surface area is 170 Å². The second-order valence-corrected chi connectivity index (χ2v) is 8.65. The molecule has 8 heteroatoms. The Balaban J connectivity index is 1.88. The SMILES string of the molecule is N#CC1=C(N)N=C(SCC(=O)c2ccc(Br)cc2)C(C(N)=O)C12CCCC2. The number of allylic oxidation sites excluding steroid dienone is 1. The number of rotatable bonds is 4. The van der Waals surface area contributed by atoms with Gasteiger partial charge in [0, 0.05) is 15.5 Å². The first-order valence-electron chi connectivity index (χ1n) is 8.59. The van der Waals surface area contributed by atoms with Crippen LogP contribution in [0.15, 0.2) is 45.1 Å². The van der Waals surface area contributed by atoms with Crippen molar-refractivity contribution >= 4 is 44.4 Å². The van der Waals surface area contributed by atoms with E-state index in [1.54, 1.807) is 24.3 Å². The molecule has 1 aromatic rings. The van der Waals surface area contributed by atoms with Crippen LogP contribution in [-0.2, 0) is 4.79 Å². The van der Waals surface area contributed by atoms with E-state index >= 15 is 0 Å². The smallest absolute Gasteiger partial charge is 0.228 e. The quantitative estimate of drug-likeness (QED) is 0.687. The lowest BCUT2D eigenvalue weighted by molar-refractivity contribution is -0.122. The van der Waals surface area contributed by atoms with Gasteiger partial charge < -0.3 is 11.5 Å². The Morgan fingerprint density at radius 1 is 1.30 bits per heavy atom. The fraction of sp³-hybridized carbons (Fsp3) is 0.368. The maximum absolute atomic E-state index is 12.5. The van der Waals surface area contributed by atoms with Crippen LogP contribution in [0.25, 0.3) is 0 Å². The van der Waals surface area contributed by atoms with E-state index in [0.717, 1.165) is 17.3 Å². The number of nitrogens with zero attached hydrogens (tertiary/aromatic N) is 2. The summed E-state index contributed by atoms with van der Waals surface area (Å²) >= 11 is 4.52. The lowest BCUT2D eigenvalue weighted by atomic mass is 9.67. The van der Waals surface area contributed by atoms with E-state index in [4.69, 9.17) is 11.5 Å². The van der Waals surface area contributed by atoms with Gasteiger partial charge >= 0.3 is 0 Å². The number of hydrogen-bond acceptors (Lipinski definition) is 6. The van der Waals surface area contributed by atoms with Crippen molar-refractivity contribution in [1.29, 1.82) is 5.26 Å². The first-order valence-corrected chi connectivity index (χ1v) is 10.4. The fourth-order valence-corrected chi connectivity index (χ4v) is 5.34. The predicted octanol–water partition coefficient (Wildman–Crippen LogP) is 3.13. The minimum absolute atomic E-state index is 0.0764. The number of aliphatic imine (C=N–C) groups is 1. The molecule has 1 unspecified atom stereocenters. The molecule has 1 spiro atoms. The molecule has 1 saturated carbocycles. The molecule has 1 amide bonds. The van der Waals surface area contributed by atoms with Gasteiger partial charge in [0.25, 0.3) is 0 Å². The van der Waals surface area contributed by atoms with Gasteiger partial charge in [0.2, 0.25) is 5.91 Å². The van der Waals surface area contributed by atoms with Crippen molar-refractivity contribution in [3.63, 3.8) is 0 Å². The molecule has 1 heterocycles. The van der Waals surface area contributed by atoms with Crippen LogP contribution in [0, 0.1) is 22.7 Å². The zero-order chi connectivity index (χ0) is 19.6. The third-order valence-corrected chi connectivity index (χ3v) is 6.75. The summed E-state index contributed by atoms with van der Waals surface area (Å²) in [7, 11) is 0. The largest absolute Gasteiger partial charge is 0.383 e. The summed E-state index contributed by atoms with van der Waals surface area (Å²) in [5.74, 6) is -1.07. The third-order valence-electron chi connectivity index (χ3n) is 5.19. The highest BCUT2D eigenvalue weighted by Gasteiger charge is 2.52. The average Bonchev–Trinajstić information content (AvgIpc) is 3.09. The van der Waals surface area contributed by atoms with Crippen molar-refractivity contribution in [2.45, 2.75) is 25.7 Å². The van der Waals surface area contributed by atoms with Crippen molar-refractivity contribution in [2.24, 2.45) is 27.8 Å². The summed E-state index contributed by atoms with van der Waals surface area (Å²) < 4.78 is 0.891. The van der Waals surface area contributed by atoms with Gasteiger partial charge in [-0.25, -0.2) is 4.99 Å². The van der Waals surface area contributed by atoms with Gasteiger partial charge in [-0.15, -0.1) is 11.8 Å². The summed E-state index contributed by atoms with van der Waals surface area (Å²) in [5, 5.41) is 10.0. The molecule has 6 nitrogen and oxygen atoms in total. The zero-order valence-corrected chi connectivity index (χ0v) is 17.0. The molecule has 0 aromatic heterocycles. The molecular weight excluding hydrogens is 428 g/mol. The Hall–Kier alpha value is -2.11. The third kappa shape index (κ3) is 3.66. The Bertz CT molecular complexity index is 880. The Morgan fingerprint density at radius 3 is 2.48 bits per heavy atom. The van der Waals surface area contributed by atoms with Crippen LogP contribution in [0.2, 0.25) is 0 Å². The number of benzene rings is 1. The van der Waals surface area contributed by atoms with E-state index in [9.17, 15) is 14.9 Å². The molecule has 1 aliphatic heterocycles. The number of carbonyl (C=O) groups excluding carboxylic acids is 2. The highest BCUT2D eigenvalue weighted by atomic mass is 79.9. The molecule has 0 radical (unpaired) electrons. The fourth-order valence-electron chi connectivity index (χ4n) is 3.96. The van der Waals surface area contributed by atoms with Gasteiger partial charge in [-0.3, -0.25) is 9.59 Å². The summed E-state index contributed by atoms with van der Waals surface area (Å²) in [4.78, 5) is 29.1. The number of nitrogens with two attached hydrogens (primary N) is 2. The predicted molar refractivity (Wildman–Crippen MR) is 109 cm³/mol. The van der Waals surface area contributed by atoms with Crippen molar-refractivity contribution in [3.8, 4) is 6.07 Å². The van der Waals surface area contributed by atoms with E-state index in [-0.39, 0.29) is 17.4 Å². The number of nitriles is 1. The minimum atomic E-state index is -0.718. The molecule has 27 heavy (non-hydrogen) atoms. The van der Waals surface area contributed by atoms with Crippen LogP contribution in [0.1, 0.15) is 36.0 Å². The number of halogens is 1. The second-order valence-electron chi connectivity index (χ2n) is 6.74. The van der Waals surface area contributed by atoms with Crippen LogP contribution in [0.4, 0.5) is 0 Å². The molecule has 1 fully saturated rings. The van der Waals surface area contributed by atoms with E-state index in [2.05, 4.69) is 27.0 Å². The number of primary amides is 1. The van der Waals surface area contributed by atoms with E-state index < -0.39 is 17.2 Å². The molecule has 4 N–H and O–H groups in total. The van der Waals surface area contributed by atoms with Gasteiger partial charge in [-0.2, -0.15) is 5.26 Å². The van der Waals surface area contributed by atoms with Crippen LogP contribution in [0.5, 0.6) is 0 Å². The average molecular weight is 447 g/mol. The molecular formula is C19H19BrN4O2S. The lowest BCUT2D eigenvalue weighted by Crippen LogP contribution is -2.46. The van der Waals surface area contributed by atoms with E-state index in [1.165, 1.54) is 11.8 Å². The second kappa shape index (κ2) is 7.87. The molecule has 1 atom stereocenters. The first kappa shape index (κ1) is 19.6. The highest BCUT2D eigenvalue weighted by Crippen LogP contribution is 2.53. The lowest BCUT2D eigenvalue weighted by Gasteiger charge is -2.38. The summed E-state index contributed by atoms with van der Waals surface area (Å²) in [5.41, 5.74) is 12.0. The summed E-state index contributed by atoms with van der Waals surface area (Å²) in [6.07, 6.45) is 3.14. The number of Topliss-reactive ketones (excluding diaryl/α,β-unsaturated/α-hetero) is 1. The van der Waals surface area contributed by atoms with Crippen molar-refractivity contribution in [2.75, 3.05) is 5.75 Å². The Morgan fingerprint density at radius 2 is 1.93 bits per heavy atom. The van der Waals surface area contributed by atoms with Crippen LogP contribution in [-0.4, -0.2) is 22.5 Å². The first-order chi connectivity index (χ1) is 12.9. The maximum Gasteiger partial charge on any atom is 0.228 e. The zero-order valence-electron chi connectivity index (χ0n) is 14.6. The molecule has 0 saturated heterocycles. The normalized spacial score (nSPS) is 21.0. The number of ketones is 1. The van der Waals surface area contributed by atoms with Gasteiger partial charge in [-0.1, -0.05) is 40.9 Å². The highest BCUT2D eigenvalue weighted by molar-refractivity contribution is 9.10. The Kier molecular flexibility index (Phi) is 5.72. The van der Waals surface area contributed by atoms with Crippen molar-refractivity contribution in [3.05, 3.63) is 45.7 Å². The number of hydrogen-bond donors (Lipinski definition) is 2. The minimum Gasteiger partial charge on any atom is -0.383 e. The molecule has 1 aromatic carbocycles. The number of amides is 1. The topological polar surface area (TPSA) is 122 Å². The van der Waals surface area contributed by atoms with Gasteiger partial charge in [0.1, 0.15) is 5.82 Å². The van der Waals surface area contributed by atoms with Crippen LogP contribution >= 0.6 is 27.7 Å². The van der Waals surface area contributed by atoms with E-state index in [1.807, 2.05) is 0 Å². The molecule has 2 aliphatic rings. The molecule has 1 aliphatic carbocycles. The van der Waals surface area contributed by atoms with Gasteiger partial charge in [-0.05, 0) is 25.0 Å². The molecule has 0 bridgehead atoms. The molecule has 3 rings (SSSR count). The monoisotopic (exact) mass is 446 g/mol. The van der Waals surface area contributed by atoms with Gasteiger partial charge in [0.05, 0.1) is 28.4 Å². The standard InChI is InChI=1S/C19H19BrN4O2S/c20-12-5-3-11(4-6-12)14(25)10-27-18-15(17(23)26)19(7-1-2-8-19)13(9-21)16(22)24-18/h3-6,15H,1-2,7-8,10,22H2,(H2,23,26). The number of thioether (sulfide) groups is 1. The molecule has 140 valence electrons. The number of carbonyl (C=O) groups is 2. The van der Waals surface area contributed by atoms with Crippen molar-refractivity contribution < 1.29 is 9.59 Å². The van der Waals surface area contributed by atoms with E-state index in [0.29, 0.717) is 29.0 Å². The van der Waals surface area contributed by atoms with Crippen LogP contribution < -0.4 is 11.5 Å². The maximum atomic E-state index is 12.5. The summed E-state index contributed by atoms with van der Waals surface area (Å²) in [6.45, 7) is 0. The van der Waals surface area contributed by atoms with Gasteiger partial charge in [0.15, 0.2) is 5.78 Å². The van der Waals surface area contributed by atoms with Crippen molar-refractivity contribution in [1.82, 2.24) is 0 Å². The summed E-state index contributed by atoms with van der Waals surface area (Å²) in [6, 6.07) is 9.23.